The summed E-state index contributed by atoms with van der Waals surface area (Å²) in [7, 11) is 1.57. The molecule has 1 rings (SSSR count). The zero-order valence-electron chi connectivity index (χ0n) is 10.2. The number of hydrogen-bond acceptors (Lipinski definition) is 3. The Morgan fingerprint density at radius 1 is 1.41 bits per heavy atom. The van der Waals surface area contributed by atoms with Crippen LogP contribution in [0.2, 0.25) is 5.02 Å². The monoisotopic (exact) mass is 256 g/mol. The van der Waals surface area contributed by atoms with Crippen molar-refractivity contribution in [1.29, 1.82) is 0 Å². The third kappa shape index (κ3) is 4.75. The maximum atomic E-state index is 11.6. The number of benzene rings is 1. The zero-order valence-corrected chi connectivity index (χ0v) is 10.9. The summed E-state index contributed by atoms with van der Waals surface area (Å²) in [6.45, 7) is 2.76. The largest absolute Gasteiger partial charge is 0.496 e. The van der Waals surface area contributed by atoms with Crippen molar-refractivity contribution >= 4 is 17.4 Å². The van der Waals surface area contributed by atoms with E-state index in [0.717, 1.165) is 12.0 Å². The number of halogens is 1. The number of carbonyl (C=O) groups excluding carboxylic acids is 1. The van der Waals surface area contributed by atoms with Crippen LogP contribution >= 0.6 is 11.6 Å². The van der Waals surface area contributed by atoms with Gasteiger partial charge in [-0.05, 0) is 24.6 Å². The Hall–Kier alpha value is -1.06. The number of rotatable bonds is 7. The molecule has 0 aliphatic carbocycles. The first-order valence-corrected chi connectivity index (χ1v) is 5.97. The standard InChI is InChI=1S/C13H17ClO3/c1-3-6-17-9-12(15)8-10-7-11(14)4-5-13(10)16-2/h4-5,7H,3,6,8-9H2,1-2H3. The summed E-state index contributed by atoms with van der Waals surface area (Å²) >= 11 is 5.89. The molecule has 0 fully saturated rings. The minimum absolute atomic E-state index is 0.0269. The van der Waals surface area contributed by atoms with Crippen LogP contribution in [0.1, 0.15) is 18.9 Å². The number of ketones is 1. The van der Waals surface area contributed by atoms with Gasteiger partial charge in [-0.15, -0.1) is 0 Å². The van der Waals surface area contributed by atoms with E-state index >= 15 is 0 Å². The van der Waals surface area contributed by atoms with E-state index in [2.05, 4.69) is 0 Å². The Morgan fingerprint density at radius 3 is 2.82 bits per heavy atom. The molecule has 0 amide bonds. The lowest BCUT2D eigenvalue weighted by atomic mass is 10.1. The van der Waals surface area contributed by atoms with E-state index in [1.807, 2.05) is 6.92 Å². The van der Waals surface area contributed by atoms with Crippen LogP contribution in [0, 0.1) is 0 Å². The lowest BCUT2D eigenvalue weighted by Gasteiger charge is -2.08. The first-order valence-electron chi connectivity index (χ1n) is 5.59. The Bertz CT molecular complexity index is 377. The molecule has 0 saturated heterocycles. The Morgan fingerprint density at radius 2 is 2.18 bits per heavy atom. The van der Waals surface area contributed by atoms with Crippen molar-refractivity contribution < 1.29 is 14.3 Å². The highest BCUT2D eigenvalue weighted by molar-refractivity contribution is 6.30. The van der Waals surface area contributed by atoms with Gasteiger partial charge >= 0.3 is 0 Å². The lowest BCUT2D eigenvalue weighted by Crippen LogP contribution is -2.12. The Kier molecular flexibility index (Phi) is 6.01. The zero-order chi connectivity index (χ0) is 12.7. The van der Waals surface area contributed by atoms with Gasteiger partial charge in [0.2, 0.25) is 0 Å². The maximum absolute atomic E-state index is 11.6. The van der Waals surface area contributed by atoms with Crippen LogP contribution in [0.15, 0.2) is 18.2 Å². The summed E-state index contributed by atoms with van der Waals surface area (Å²) in [5.74, 6) is 0.706. The van der Waals surface area contributed by atoms with Crippen LogP contribution in [-0.2, 0) is 16.0 Å². The summed E-state index contributed by atoms with van der Waals surface area (Å²) < 4.78 is 10.4. The summed E-state index contributed by atoms with van der Waals surface area (Å²) in [5, 5.41) is 0.600. The summed E-state index contributed by atoms with van der Waals surface area (Å²) in [5.41, 5.74) is 0.796. The second-order valence-corrected chi connectivity index (χ2v) is 4.16. The summed E-state index contributed by atoms with van der Waals surface area (Å²) in [6.07, 6.45) is 1.20. The van der Waals surface area contributed by atoms with Crippen molar-refractivity contribution in [3.63, 3.8) is 0 Å². The highest BCUT2D eigenvalue weighted by Crippen LogP contribution is 2.23. The van der Waals surface area contributed by atoms with Gasteiger partial charge < -0.3 is 9.47 Å². The van der Waals surface area contributed by atoms with Crippen molar-refractivity contribution in [1.82, 2.24) is 0 Å². The molecule has 0 aliphatic rings. The molecule has 1 aromatic carbocycles. The SMILES string of the molecule is CCCOCC(=O)Cc1cc(Cl)ccc1OC. The van der Waals surface area contributed by atoms with Gasteiger partial charge in [0.25, 0.3) is 0 Å². The van der Waals surface area contributed by atoms with Crippen LogP contribution in [0.3, 0.4) is 0 Å². The van der Waals surface area contributed by atoms with Gasteiger partial charge in [-0.2, -0.15) is 0 Å². The molecule has 0 N–H and O–H groups in total. The number of methoxy groups -OCH3 is 1. The molecule has 0 heterocycles. The average Bonchev–Trinajstić information content (AvgIpc) is 2.29. The van der Waals surface area contributed by atoms with Gasteiger partial charge in [-0.25, -0.2) is 0 Å². The first-order chi connectivity index (χ1) is 8.17. The number of hydrogen-bond donors (Lipinski definition) is 0. The van der Waals surface area contributed by atoms with E-state index in [0.29, 0.717) is 17.4 Å². The second kappa shape index (κ2) is 7.30. The third-order valence-electron chi connectivity index (χ3n) is 2.24. The van der Waals surface area contributed by atoms with Gasteiger partial charge in [0.1, 0.15) is 12.4 Å². The molecular formula is C13H17ClO3. The molecule has 4 heteroatoms. The van der Waals surface area contributed by atoms with E-state index in [-0.39, 0.29) is 18.8 Å². The van der Waals surface area contributed by atoms with E-state index in [9.17, 15) is 4.79 Å². The van der Waals surface area contributed by atoms with Gasteiger partial charge in [0.15, 0.2) is 5.78 Å². The van der Waals surface area contributed by atoms with E-state index < -0.39 is 0 Å². The fourth-order valence-electron chi connectivity index (χ4n) is 1.48. The minimum Gasteiger partial charge on any atom is -0.496 e. The molecule has 17 heavy (non-hydrogen) atoms. The Labute approximate surface area is 107 Å². The van der Waals surface area contributed by atoms with Crippen LogP contribution in [0.25, 0.3) is 0 Å². The van der Waals surface area contributed by atoms with Crippen LogP contribution in [0.5, 0.6) is 5.75 Å². The van der Waals surface area contributed by atoms with Gasteiger partial charge in [-0.1, -0.05) is 18.5 Å². The van der Waals surface area contributed by atoms with E-state index in [1.54, 1.807) is 25.3 Å². The van der Waals surface area contributed by atoms with Crippen LogP contribution in [-0.4, -0.2) is 26.1 Å². The number of carbonyl (C=O) groups is 1. The molecule has 0 unspecified atom stereocenters. The predicted molar refractivity (Wildman–Crippen MR) is 67.8 cm³/mol. The van der Waals surface area contributed by atoms with Crippen molar-refractivity contribution in [3.05, 3.63) is 28.8 Å². The smallest absolute Gasteiger partial charge is 0.162 e. The molecule has 3 nitrogen and oxygen atoms in total. The number of ether oxygens (including phenoxy) is 2. The fraction of sp³-hybridized carbons (Fsp3) is 0.462. The molecule has 0 spiro atoms. The first kappa shape index (κ1) is 14.0. The molecule has 0 bridgehead atoms. The van der Waals surface area contributed by atoms with Gasteiger partial charge in [0, 0.05) is 23.6 Å². The molecule has 0 aromatic heterocycles. The van der Waals surface area contributed by atoms with E-state index in [1.165, 1.54) is 0 Å². The predicted octanol–water partition coefficient (Wildman–Crippen LogP) is 2.89. The Balaban J connectivity index is 2.60. The van der Waals surface area contributed by atoms with Crippen LogP contribution < -0.4 is 4.74 Å². The van der Waals surface area contributed by atoms with Gasteiger partial charge in [0.05, 0.1) is 7.11 Å². The van der Waals surface area contributed by atoms with Gasteiger partial charge in [-0.3, -0.25) is 4.79 Å². The van der Waals surface area contributed by atoms with Crippen LogP contribution in [0.4, 0.5) is 0 Å². The lowest BCUT2D eigenvalue weighted by molar-refractivity contribution is -0.122. The molecule has 94 valence electrons. The topological polar surface area (TPSA) is 35.5 Å². The molecule has 0 aliphatic heterocycles. The molecule has 0 atom stereocenters. The third-order valence-corrected chi connectivity index (χ3v) is 2.48. The highest BCUT2D eigenvalue weighted by atomic mass is 35.5. The summed E-state index contributed by atoms with van der Waals surface area (Å²) in [6, 6.07) is 5.25. The van der Waals surface area contributed by atoms with Crippen molar-refractivity contribution in [2.45, 2.75) is 19.8 Å². The van der Waals surface area contributed by atoms with E-state index in [4.69, 9.17) is 21.1 Å². The minimum atomic E-state index is 0.0269. The summed E-state index contributed by atoms with van der Waals surface area (Å²) in [4.78, 5) is 11.6. The van der Waals surface area contributed by atoms with Crippen molar-refractivity contribution in [2.24, 2.45) is 0 Å². The van der Waals surface area contributed by atoms with Crippen molar-refractivity contribution in [2.75, 3.05) is 20.3 Å². The molecular weight excluding hydrogens is 240 g/mol. The molecule has 0 radical (unpaired) electrons. The normalized spacial score (nSPS) is 10.3. The molecule has 0 saturated carbocycles. The quantitative estimate of drug-likeness (QED) is 0.704. The van der Waals surface area contributed by atoms with Crippen molar-refractivity contribution in [3.8, 4) is 5.75 Å². The highest BCUT2D eigenvalue weighted by Gasteiger charge is 2.09. The fourth-order valence-corrected chi connectivity index (χ4v) is 1.67. The average molecular weight is 257 g/mol. The second-order valence-electron chi connectivity index (χ2n) is 3.72. The number of Topliss-reactive ketones (excluding diaryl/α,β-unsaturated/α-hetero) is 1. The maximum Gasteiger partial charge on any atom is 0.162 e. The molecule has 1 aromatic rings.